The Bertz CT molecular complexity index is 1720. The Balaban J connectivity index is 1.22. The van der Waals surface area contributed by atoms with E-state index in [1.54, 1.807) is 87.0 Å². The number of ether oxygens (including phenoxy) is 3. The minimum Gasteiger partial charge on any atom is -0.497 e. The Hall–Kier alpha value is -5.64. The van der Waals surface area contributed by atoms with Crippen LogP contribution in [-0.2, 0) is 0 Å². The molecule has 3 amide bonds. The van der Waals surface area contributed by atoms with Gasteiger partial charge in [-0.15, -0.1) is 0 Å². The maximum atomic E-state index is 13.3. The van der Waals surface area contributed by atoms with E-state index in [0.29, 0.717) is 58.5 Å². The molecule has 0 aromatic heterocycles. The monoisotopic (exact) mass is 606 g/mol. The molecule has 10 heteroatoms. The van der Waals surface area contributed by atoms with Gasteiger partial charge in [-0.25, -0.2) is 5.01 Å². The molecule has 230 valence electrons. The molecule has 5 rings (SSSR count). The van der Waals surface area contributed by atoms with Crippen LogP contribution in [0.4, 0.5) is 11.4 Å². The summed E-state index contributed by atoms with van der Waals surface area (Å²) < 4.78 is 16.2. The third-order valence-electron chi connectivity index (χ3n) is 7.18. The lowest BCUT2D eigenvalue weighted by Crippen LogP contribution is -2.32. The van der Waals surface area contributed by atoms with Crippen LogP contribution < -0.4 is 24.8 Å². The molecule has 1 heterocycles. The van der Waals surface area contributed by atoms with Crippen LogP contribution in [0.5, 0.6) is 17.2 Å². The van der Waals surface area contributed by atoms with Gasteiger partial charge < -0.3 is 24.8 Å². The number of carbonyl (C=O) groups is 3. The van der Waals surface area contributed by atoms with Crippen molar-refractivity contribution in [1.29, 1.82) is 0 Å². The van der Waals surface area contributed by atoms with Crippen molar-refractivity contribution < 1.29 is 28.6 Å². The average molecular weight is 607 g/mol. The predicted molar refractivity (Wildman–Crippen MR) is 173 cm³/mol. The molecule has 10 nitrogen and oxygen atoms in total. The lowest BCUT2D eigenvalue weighted by molar-refractivity contribution is 0.0751. The highest BCUT2D eigenvalue weighted by atomic mass is 16.5. The van der Waals surface area contributed by atoms with Gasteiger partial charge in [0.15, 0.2) is 11.5 Å². The van der Waals surface area contributed by atoms with E-state index in [2.05, 4.69) is 15.7 Å². The Morgan fingerprint density at radius 3 is 2.18 bits per heavy atom. The molecule has 4 aromatic carbocycles. The zero-order valence-corrected chi connectivity index (χ0v) is 25.3. The molecule has 2 N–H and O–H groups in total. The number of nitrogens with zero attached hydrogens (tertiary/aromatic N) is 2. The van der Waals surface area contributed by atoms with Crippen molar-refractivity contribution in [3.8, 4) is 17.2 Å². The number of methoxy groups -OCH3 is 2. The van der Waals surface area contributed by atoms with E-state index in [9.17, 15) is 14.4 Å². The summed E-state index contributed by atoms with van der Waals surface area (Å²) in [4.78, 5) is 38.9. The number of hydrazone groups is 1. The third kappa shape index (κ3) is 7.48. The second-order valence-electron chi connectivity index (χ2n) is 10.2. The number of nitrogens with one attached hydrogen (secondary N) is 2. The number of anilines is 2. The minimum atomic E-state index is -0.356. The first-order chi connectivity index (χ1) is 21.9. The maximum absolute atomic E-state index is 13.3. The van der Waals surface area contributed by atoms with Gasteiger partial charge in [0.25, 0.3) is 17.7 Å². The zero-order chi connectivity index (χ0) is 31.8. The van der Waals surface area contributed by atoms with Crippen molar-refractivity contribution in [3.63, 3.8) is 0 Å². The molecule has 0 radical (unpaired) electrons. The first-order valence-corrected chi connectivity index (χ1v) is 14.6. The van der Waals surface area contributed by atoms with Crippen LogP contribution in [-0.4, -0.2) is 55.8 Å². The molecule has 0 saturated heterocycles. The molecule has 45 heavy (non-hydrogen) atoms. The lowest BCUT2D eigenvalue weighted by atomic mass is 10.0. The van der Waals surface area contributed by atoms with Crippen molar-refractivity contribution in [1.82, 2.24) is 5.01 Å². The van der Waals surface area contributed by atoms with Gasteiger partial charge in [-0.1, -0.05) is 6.07 Å². The molecule has 0 bridgehead atoms. The summed E-state index contributed by atoms with van der Waals surface area (Å²) in [6.45, 7) is 2.91. The van der Waals surface area contributed by atoms with Gasteiger partial charge in [0.2, 0.25) is 0 Å². The molecule has 0 aliphatic carbocycles. The molecular formula is C35H34N4O6. The molecule has 0 spiro atoms. The van der Waals surface area contributed by atoms with Gasteiger partial charge in [-0.3, -0.25) is 14.4 Å². The third-order valence-corrected chi connectivity index (χ3v) is 7.18. The SMILES string of the molecule is CCOc1cc(C2=NN(C(=O)c3ccc(NC(=O)c4cccc(NC(=O)c5ccc(OC)cc5)c4)cc3)CCC2)ccc1OC. The molecule has 0 unspecified atom stereocenters. The Kier molecular flexibility index (Phi) is 9.74. The smallest absolute Gasteiger partial charge is 0.273 e. The van der Waals surface area contributed by atoms with Gasteiger partial charge in [-0.05, 0) is 105 Å². The number of rotatable bonds is 10. The predicted octanol–water partition coefficient (Wildman–Crippen LogP) is 6.25. The second-order valence-corrected chi connectivity index (χ2v) is 10.2. The zero-order valence-electron chi connectivity index (χ0n) is 25.3. The summed E-state index contributed by atoms with van der Waals surface area (Å²) in [5, 5.41) is 11.8. The van der Waals surface area contributed by atoms with Gasteiger partial charge in [0, 0.05) is 40.2 Å². The van der Waals surface area contributed by atoms with Crippen LogP contribution >= 0.6 is 0 Å². The van der Waals surface area contributed by atoms with Crippen LogP contribution in [0.15, 0.2) is 96.1 Å². The van der Waals surface area contributed by atoms with Crippen molar-refractivity contribution in [2.75, 3.05) is 38.0 Å². The summed E-state index contributed by atoms with van der Waals surface area (Å²) in [7, 11) is 3.15. The fourth-order valence-electron chi connectivity index (χ4n) is 4.85. The summed E-state index contributed by atoms with van der Waals surface area (Å²) in [6.07, 6.45) is 1.51. The number of amides is 3. The second kappa shape index (κ2) is 14.2. The summed E-state index contributed by atoms with van der Waals surface area (Å²) in [6, 6.07) is 25.7. The van der Waals surface area contributed by atoms with Crippen LogP contribution in [0.3, 0.4) is 0 Å². The Morgan fingerprint density at radius 1 is 0.756 bits per heavy atom. The topological polar surface area (TPSA) is 119 Å². The van der Waals surface area contributed by atoms with Crippen molar-refractivity contribution in [3.05, 3.63) is 113 Å². The lowest BCUT2D eigenvalue weighted by Gasteiger charge is -2.24. The van der Waals surface area contributed by atoms with E-state index in [1.165, 1.54) is 5.01 Å². The Morgan fingerprint density at radius 2 is 1.47 bits per heavy atom. The van der Waals surface area contributed by atoms with Crippen molar-refractivity contribution >= 4 is 34.8 Å². The van der Waals surface area contributed by atoms with E-state index in [4.69, 9.17) is 14.2 Å². The van der Waals surface area contributed by atoms with E-state index < -0.39 is 0 Å². The molecule has 4 aromatic rings. The van der Waals surface area contributed by atoms with Crippen molar-refractivity contribution in [2.24, 2.45) is 5.10 Å². The van der Waals surface area contributed by atoms with Gasteiger partial charge >= 0.3 is 0 Å². The molecule has 0 saturated carbocycles. The Labute approximate surface area is 261 Å². The number of benzene rings is 4. The molecule has 0 fully saturated rings. The first-order valence-electron chi connectivity index (χ1n) is 14.6. The van der Waals surface area contributed by atoms with E-state index in [1.807, 2.05) is 25.1 Å². The fraction of sp³-hybridized carbons (Fsp3) is 0.200. The molecule has 1 aliphatic heterocycles. The van der Waals surface area contributed by atoms with Gasteiger partial charge in [0.1, 0.15) is 5.75 Å². The van der Waals surface area contributed by atoms with E-state index in [0.717, 1.165) is 24.1 Å². The normalized spacial score (nSPS) is 12.5. The fourth-order valence-corrected chi connectivity index (χ4v) is 4.85. The first kappa shape index (κ1) is 30.8. The highest BCUT2D eigenvalue weighted by Gasteiger charge is 2.22. The van der Waals surface area contributed by atoms with E-state index in [-0.39, 0.29) is 17.7 Å². The minimum absolute atomic E-state index is 0.232. The van der Waals surface area contributed by atoms with E-state index >= 15 is 0 Å². The quantitative estimate of drug-likeness (QED) is 0.220. The van der Waals surface area contributed by atoms with Crippen molar-refractivity contribution in [2.45, 2.75) is 19.8 Å². The number of carbonyl (C=O) groups excluding carboxylic acids is 3. The van der Waals surface area contributed by atoms with Gasteiger partial charge in [0.05, 0.1) is 26.5 Å². The number of hydrogen-bond donors (Lipinski definition) is 2. The highest BCUT2D eigenvalue weighted by molar-refractivity contribution is 6.08. The molecular weight excluding hydrogens is 572 g/mol. The van der Waals surface area contributed by atoms with Crippen LogP contribution in [0.2, 0.25) is 0 Å². The average Bonchev–Trinajstić information content (AvgIpc) is 3.08. The largest absolute Gasteiger partial charge is 0.497 e. The molecule has 1 aliphatic rings. The maximum Gasteiger partial charge on any atom is 0.273 e. The highest BCUT2D eigenvalue weighted by Crippen LogP contribution is 2.30. The summed E-state index contributed by atoms with van der Waals surface area (Å²) in [5.74, 6) is 1.03. The van der Waals surface area contributed by atoms with Gasteiger partial charge in [-0.2, -0.15) is 5.10 Å². The summed E-state index contributed by atoms with van der Waals surface area (Å²) >= 11 is 0. The van der Waals surface area contributed by atoms with Crippen LogP contribution in [0, 0.1) is 0 Å². The molecule has 0 atom stereocenters. The number of hydrogen-bond acceptors (Lipinski definition) is 7. The van der Waals surface area contributed by atoms with Crippen LogP contribution in [0.25, 0.3) is 0 Å². The summed E-state index contributed by atoms with van der Waals surface area (Å²) in [5.41, 5.74) is 3.95. The standard InChI is InChI=1S/C35H34N4O6/c1-4-45-32-22-25(14-19-31(32)44-3)30-9-6-20-39(38-30)35(42)24-10-15-27(16-11-24)36-34(41)26-7-5-8-28(21-26)37-33(40)23-12-17-29(43-2)18-13-23/h5,7-8,10-19,21-22H,4,6,9,20H2,1-3H3,(H,36,41)(H,37,40). The van der Waals surface area contributed by atoms with Crippen LogP contribution in [0.1, 0.15) is 56.4 Å².